The molecule has 21 heavy (non-hydrogen) atoms. The molecule has 0 fully saturated rings. The van der Waals surface area contributed by atoms with Crippen LogP contribution in [0.4, 0.5) is 5.69 Å². The lowest BCUT2D eigenvalue weighted by Crippen LogP contribution is -2.51. The van der Waals surface area contributed by atoms with Crippen LogP contribution >= 0.6 is 0 Å². The van der Waals surface area contributed by atoms with E-state index >= 15 is 0 Å². The lowest BCUT2D eigenvalue weighted by molar-refractivity contribution is 1.48. The van der Waals surface area contributed by atoms with Crippen LogP contribution in [0, 0.1) is 6.92 Å². The molecule has 0 aliphatic heterocycles. The molecule has 0 aliphatic carbocycles. The minimum Gasteiger partial charge on any atom is -0.399 e. The summed E-state index contributed by atoms with van der Waals surface area (Å²) < 4.78 is 0. The van der Waals surface area contributed by atoms with E-state index in [-0.39, 0.29) is 0 Å². The van der Waals surface area contributed by atoms with E-state index in [0.29, 0.717) is 0 Å². The zero-order valence-electron chi connectivity index (χ0n) is 12.1. The Hall–Kier alpha value is -2.32. The molecule has 2 heteroatoms. The number of rotatable bonds is 3. The summed E-state index contributed by atoms with van der Waals surface area (Å²) in [5.41, 5.74) is 8.15. The van der Waals surface area contributed by atoms with Crippen LogP contribution in [0.15, 0.2) is 78.9 Å². The fraction of sp³-hybridized carbons (Fsp3) is 0.0526. The number of nitrogen functional groups attached to an aromatic ring is 1. The molecule has 0 saturated carbocycles. The largest absolute Gasteiger partial charge is 0.399 e. The number of anilines is 1. The smallest absolute Gasteiger partial charge is 0.154 e. The first kappa shape index (κ1) is 13.7. The van der Waals surface area contributed by atoms with Crippen molar-refractivity contribution in [1.29, 1.82) is 0 Å². The fourth-order valence-electron chi connectivity index (χ4n) is 2.51. The quantitative estimate of drug-likeness (QED) is 0.446. The van der Waals surface area contributed by atoms with E-state index in [1.807, 2.05) is 0 Å². The number of hydrogen-bond donors (Lipinski definition) is 1. The first-order chi connectivity index (χ1) is 10.3. The molecular weight excluding hydrogens is 270 g/mol. The van der Waals surface area contributed by atoms with Gasteiger partial charge in [0.25, 0.3) is 0 Å². The molecule has 103 valence electrons. The van der Waals surface area contributed by atoms with Gasteiger partial charge in [-0.15, -0.1) is 0 Å². The Morgan fingerprint density at radius 2 is 1.19 bits per heavy atom. The van der Waals surface area contributed by atoms with E-state index in [1.165, 1.54) is 15.6 Å². The first-order valence-corrected chi connectivity index (χ1v) is 8.60. The maximum Gasteiger partial charge on any atom is 0.154 e. The Kier molecular flexibility index (Phi) is 3.89. The zero-order chi connectivity index (χ0) is 14.7. The molecule has 1 nitrogen and oxygen atoms in total. The van der Waals surface area contributed by atoms with Gasteiger partial charge in [0.1, 0.15) is 0 Å². The molecule has 0 aromatic heterocycles. The van der Waals surface area contributed by atoms with E-state index in [2.05, 4.69) is 85.8 Å². The Labute approximate surface area is 127 Å². The monoisotopic (exact) mass is 288 g/mol. The Balaban J connectivity index is 2.14. The van der Waals surface area contributed by atoms with Crippen LogP contribution in [0.1, 0.15) is 5.56 Å². The lowest BCUT2D eigenvalue weighted by atomic mass is 10.2. The van der Waals surface area contributed by atoms with Gasteiger partial charge in [0.05, 0.1) is 0 Å². The van der Waals surface area contributed by atoms with Crippen molar-refractivity contribution in [2.24, 2.45) is 0 Å². The van der Waals surface area contributed by atoms with E-state index in [4.69, 9.17) is 5.73 Å². The van der Waals surface area contributed by atoms with Gasteiger partial charge in [-0.3, -0.25) is 0 Å². The summed E-state index contributed by atoms with van der Waals surface area (Å²) in [6.45, 7) is 2.05. The number of hydrogen-bond acceptors (Lipinski definition) is 1. The van der Waals surface area contributed by atoms with Gasteiger partial charge in [0.2, 0.25) is 0 Å². The number of aryl methyl sites for hydroxylation is 1. The minimum atomic E-state index is -0.996. The van der Waals surface area contributed by atoms with Crippen LogP contribution in [0.5, 0.6) is 0 Å². The molecule has 0 bridgehead atoms. The van der Waals surface area contributed by atoms with Gasteiger partial charge < -0.3 is 5.73 Å². The molecule has 2 N–H and O–H groups in total. The molecule has 3 aromatic carbocycles. The van der Waals surface area contributed by atoms with Gasteiger partial charge in [-0.25, -0.2) is 0 Å². The Morgan fingerprint density at radius 1 is 0.667 bits per heavy atom. The van der Waals surface area contributed by atoms with E-state index in [1.54, 1.807) is 0 Å². The molecular formula is C19H18NSi. The highest BCUT2D eigenvalue weighted by Gasteiger charge is 2.19. The van der Waals surface area contributed by atoms with Crippen molar-refractivity contribution >= 4 is 30.0 Å². The molecule has 0 spiro atoms. The minimum absolute atomic E-state index is 0.877. The summed E-state index contributed by atoms with van der Waals surface area (Å²) in [6.07, 6.45) is 0. The van der Waals surface area contributed by atoms with Crippen molar-refractivity contribution in [3.8, 4) is 0 Å². The van der Waals surface area contributed by atoms with Crippen molar-refractivity contribution < 1.29 is 0 Å². The predicted octanol–water partition coefficient (Wildman–Crippen LogP) is 2.09. The summed E-state index contributed by atoms with van der Waals surface area (Å²) in [5, 5.41) is 4.11. The van der Waals surface area contributed by atoms with Gasteiger partial charge in [-0.2, -0.15) is 0 Å². The molecule has 0 unspecified atom stereocenters. The molecule has 0 aliphatic rings. The Bertz CT molecular complexity index is 684. The maximum absolute atomic E-state index is 6.13. The second-order valence-corrected chi connectivity index (χ2v) is 7.66. The average Bonchev–Trinajstić information content (AvgIpc) is 2.53. The second kappa shape index (κ2) is 5.98. The summed E-state index contributed by atoms with van der Waals surface area (Å²) in [7, 11) is -0.996. The topological polar surface area (TPSA) is 26.0 Å². The summed E-state index contributed by atoms with van der Waals surface area (Å²) in [4.78, 5) is 0. The van der Waals surface area contributed by atoms with Crippen molar-refractivity contribution in [2.45, 2.75) is 6.92 Å². The average molecular weight is 288 g/mol. The predicted molar refractivity (Wildman–Crippen MR) is 93.1 cm³/mol. The normalized spacial score (nSPS) is 10.8. The summed E-state index contributed by atoms with van der Waals surface area (Å²) >= 11 is 0. The van der Waals surface area contributed by atoms with Gasteiger partial charge in [0, 0.05) is 5.69 Å². The third kappa shape index (κ3) is 2.90. The maximum atomic E-state index is 6.13. The van der Waals surface area contributed by atoms with Crippen molar-refractivity contribution in [1.82, 2.24) is 0 Å². The molecule has 0 heterocycles. The van der Waals surface area contributed by atoms with Crippen LogP contribution in [-0.4, -0.2) is 8.80 Å². The molecule has 0 amide bonds. The molecule has 0 atom stereocenters. The Morgan fingerprint density at radius 3 is 1.67 bits per heavy atom. The third-order valence-electron chi connectivity index (χ3n) is 3.69. The van der Waals surface area contributed by atoms with Crippen LogP contribution in [0.25, 0.3) is 0 Å². The SMILES string of the molecule is Cc1ccc([Si](c2ccccc2)c2ccccc2)cc1N. The van der Waals surface area contributed by atoms with Gasteiger partial charge >= 0.3 is 0 Å². The van der Waals surface area contributed by atoms with Crippen molar-refractivity contribution in [3.63, 3.8) is 0 Å². The zero-order valence-corrected chi connectivity index (χ0v) is 13.1. The first-order valence-electron chi connectivity index (χ1n) is 7.10. The third-order valence-corrected chi connectivity index (χ3v) is 6.40. The van der Waals surface area contributed by atoms with E-state index < -0.39 is 8.80 Å². The van der Waals surface area contributed by atoms with Crippen LogP contribution in [0.3, 0.4) is 0 Å². The molecule has 1 radical (unpaired) electrons. The highest BCUT2D eigenvalue weighted by molar-refractivity contribution is 6.95. The van der Waals surface area contributed by atoms with Crippen LogP contribution in [-0.2, 0) is 0 Å². The summed E-state index contributed by atoms with van der Waals surface area (Å²) in [5.74, 6) is 0. The summed E-state index contributed by atoms with van der Waals surface area (Å²) in [6, 6.07) is 27.9. The number of nitrogens with two attached hydrogens (primary N) is 1. The molecule has 3 rings (SSSR count). The van der Waals surface area contributed by atoms with Gasteiger partial charge in [0.15, 0.2) is 8.80 Å². The lowest BCUT2D eigenvalue weighted by Gasteiger charge is -2.17. The number of benzene rings is 3. The van der Waals surface area contributed by atoms with E-state index in [9.17, 15) is 0 Å². The van der Waals surface area contributed by atoms with Crippen LogP contribution < -0.4 is 21.3 Å². The van der Waals surface area contributed by atoms with Gasteiger partial charge in [-0.1, -0.05) is 83.2 Å². The molecule has 3 aromatic rings. The van der Waals surface area contributed by atoms with Crippen LogP contribution in [0.2, 0.25) is 0 Å². The molecule has 0 saturated heterocycles. The van der Waals surface area contributed by atoms with Crippen molar-refractivity contribution in [3.05, 3.63) is 84.4 Å². The van der Waals surface area contributed by atoms with Gasteiger partial charge in [-0.05, 0) is 23.7 Å². The standard InChI is InChI=1S/C19H18NSi/c1-15-12-13-18(14-19(15)20)21(16-8-4-2-5-9-16)17-10-6-3-7-11-17/h2-14H,20H2,1H3. The highest BCUT2D eigenvalue weighted by atomic mass is 28.3. The highest BCUT2D eigenvalue weighted by Crippen LogP contribution is 2.07. The fourth-order valence-corrected chi connectivity index (χ4v) is 5.11. The second-order valence-electron chi connectivity index (χ2n) is 5.18. The van der Waals surface area contributed by atoms with E-state index in [0.717, 1.165) is 11.3 Å². The van der Waals surface area contributed by atoms with Crippen molar-refractivity contribution in [2.75, 3.05) is 5.73 Å².